The van der Waals surface area contributed by atoms with E-state index in [1.54, 1.807) is 42.5 Å². The van der Waals surface area contributed by atoms with Gasteiger partial charge in [0, 0.05) is 11.1 Å². The van der Waals surface area contributed by atoms with Gasteiger partial charge in [-0.3, -0.25) is 0 Å². The molecule has 1 amide bonds. The number of carbonyl (C=O) groups is 1. The van der Waals surface area contributed by atoms with Gasteiger partial charge in [0.2, 0.25) is 0 Å². The molecule has 2 rings (SSSR count). The number of amides is 1. The first kappa shape index (κ1) is 17.2. The molecule has 0 saturated heterocycles. The van der Waals surface area contributed by atoms with E-state index in [4.69, 9.17) is 32.7 Å². The second kappa shape index (κ2) is 8.50. The monoisotopic (exact) mass is 355 g/mol. The van der Waals surface area contributed by atoms with Crippen LogP contribution in [0.4, 0.5) is 4.79 Å². The Morgan fingerprint density at radius 2 is 1.91 bits per heavy atom. The molecule has 0 saturated carbocycles. The predicted octanol–water partition coefficient (Wildman–Crippen LogP) is 4.52. The molecule has 2 aromatic carbocycles. The lowest BCUT2D eigenvalue weighted by molar-refractivity contribution is 0.168. The Kier molecular flexibility index (Phi) is 6.38. The third kappa shape index (κ3) is 5.54. The van der Waals surface area contributed by atoms with Gasteiger partial charge in [-0.15, -0.1) is 0 Å². The molecule has 0 radical (unpaired) electrons. The van der Waals surface area contributed by atoms with E-state index in [0.29, 0.717) is 33.8 Å². The first-order chi connectivity index (χ1) is 11.1. The summed E-state index contributed by atoms with van der Waals surface area (Å²) in [4.78, 5) is 10.9. The minimum atomic E-state index is -0.509. The largest absolute Gasteiger partial charge is 0.490 e. The van der Waals surface area contributed by atoms with Gasteiger partial charge in [0.05, 0.1) is 18.7 Å². The maximum atomic E-state index is 10.9. The summed E-state index contributed by atoms with van der Waals surface area (Å²) in [6.45, 7) is 0.576. The standard InChI is InChI=1S/C16H15Cl2NO4/c1-21-16(20)19-7-8-22-15-6-5-13(10-14(15)18)23-12-4-2-3-11(17)9-12/h2-6,9-10H,7-8H2,1H3,(H,19,20). The number of alkyl carbamates (subject to hydrolysis) is 1. The van der Waals surface area contributed by atoms with Gasteiger partial charge in [-0.25, -0.2) is 4.79 Å². The van der Waals surface area contributed by atoms with Crippen molar-refractivity contribution in [1.82, 2.24) is 5.32 Å². The number of halogens is 2. The molecule has 5 nitrogen and oxygen atoms in total. The van der Waals surface area contributed by atoms with Gasteiger partial charge in [0.25, 0.3) is 0 Å². The van der Waals surface area contributed by atoms with Crippen LogP contribution in [-0.4, -0.2) is 26.4 Å². The summed E-state index contributed by atoms with van der Waals surface area (Å²) in [7, 11) is 1.30. The molecule has 0 aliphatic rings. The average molecular weight is 356 g/mol. The first-order valence-corrected chi connectivity index (χ1v) is 7.51. The highest BCUT2D eigenvalue weighted by Crippen LogP contribution is 2.31. The fraction of sp³-hybridized carbons (Fsp3) is 0.188. The van der Waals surface area contributed by atoms with Gasteiger partial charge in [-0.05, 0) is 30.3 Å². The van der Waals surface area contributed by atoms with Crippen molar-refractivity contribution in [2.45, 2.75) is 0 Å². The van der Waals surface area contributed by atoms with E-state index in [-0.39, 0.29) is 6.61 Å². The van der Waals surface area contributed by atoms with Crippen LogP contribution in [0.5, 0.6) is 17.2 Å². The normalized spacial score (nSPS) is 10.0. The van der Waals surface area contributed by atoms with Crippen molar-refractivity contribution >= 4 is 29.3 Å². The molecule has 122 valence electrons. The summed E-state index contributed by atoms with van der Waals surface area (Å²) in [5.41, 5.74) is 0. The van der Waals surface area contributed by atoms with Crippen molar-refractivity contribution in [3.63, 3.8) is 0 Å². The SMILES string of the molecule is COC(=O)NCCOc1ccc(Oc2cccc(Cl)c2)cc1Cl. The molecular formula is C16H15Cl2NO4. The van der Waals surface area contributed by atoms with E-state index in [1.165, 1.54) is 7.11 Å². The van der Waals surface area contributed by atoms with Crippen LogP contribution >= 0.6 is 23.2 Å². The number of hydrogen-bond acceptors (Lipinski definition) is 4. The van der Waals surface area contributed by atoms with Gasteiger partial charge in [0.15, 0.2) is 0 Å². The van der Waals surface area contributed by atoms with E-state index in [2.05, 4.69) is 10.1 Å². The molecule has 0 aliphatic carbocycles. The van der Waals surface area contributed by atoms with E-state index in [0.717, 1.165) is 0 Å². The Morgan fingerprint density at radius 1 is 1.13 bits per heavy atom. The number of carbonyl (C=O) groups excluding carboxylic acids is 1. The minimum absolute atomic E-state index is 0.267. The molecule has 23 heavy (non-hydrogen) atoms. The van der Waals surface area contributed by atoms with Gasteiger partial charge < -0.3 is 19.5 Å². The van der Waals surface area contributed by atoms with E-state index in [9.17, 15) is 4.79 Å². The summed E-state index contributed by atoms with van der Waals surface area (Å²) in [6, 6.07) is 12.1. The molecule has 0 aromatic heterocycles. The van der Waals surface area contributed by atoms with E-state index < -0.39 is 6.09 Å². The van der Waals surface area contributed by atoms with Gasteiger partial charge >= 0.3 is 6.09 Å². The Bertz CT molecular complexity index is 679. The first-order valence-electron chi connectivity index (χ1n) is 6.76. The fourth-order valence-corrected chi connectivity index (χ4v) is 2.12. The number of benzene rings is 2. The van der Waals surface area contributed by atoms with Crippen LogP contribution in [0.15, 0.2) is 42.5 Å². The highest BCUT2D eigenvalue weighted by atomic mass is 35.5. The van der Waals surface area contributed by atoms with Gasteiger partial charge in [-0.2, -0.15) is 0 Å². The Morgan fingerprint density at radius 3 is 2.61 bits per heavy atom. The van der Waals surface area contributed by atoms with Crippen LogP contribution in [0.2, 0.25) is 10.0 Å². The Labute approximate surface area is 144 Å². The van der Waals surface area contributed by atoms with E-state index >= 15 is 0 Å². The fourth-order valence-electron chi connectivity index (χ4n) is 1.71. The molecule has 0 spiro atoms. The summed E-state index contributed by atoms with van der Waals surface area (Å²) in [5, 5.41) is 3.50. The van der Waals surface area contributed by atoms with Crippen molar-refractivity contribution in [1.29, 1.82) is 0 Å². The molecule has 7 heteroatoms. The lowest BCUT2D eigenvalue weighted by Crippen LogP contribution is -2.27. The molecule has 0 heterocycles. The van der Waals surface area contributed by atoms with Crippen molar-refractivity contribution in [3.05, 3.63) is 52.5 Å². The zero-order chi connectivity index (χ0) is 16.7. The summed E-state index contributed by atoms with van der Waals surface area (Å²) >= 11 is 12.1. The minimum Gasteiger partial charge on any atom is -0.490 e. The smallest absolute Gasteiger partial charge is 0.406 e. The molecule has 0 aliphatic heterocycles. The number of methoxy groups -OCH3 is 1. The molecule has 0 fully saturated rings. The second-order valence-electron chi connectivity index (χ2n) is 4.42. The zero-order valence-corrected chi connectivity index (χ0v) is 13.9. The summed E-state index contributed by atoms with van der Waals surface area (Å²) in [5.74, 6) is 1.68. The number of nitrogens with one attached hydrogen (secondary N) is 1. The third-order valence-electron chi connectivity index (χ3n) is 2.75. The molecule has 2 aromatic rings. The molecule has 0 atom stereocenters. The van der Waals surface area contributed by atoms with Crippen LogP contribution < -0.4 is 14.8 Å². The third-order valence-corrected chi connectivity index (χ3v) is 3.28. The molecule has 0 bridgehead atoms. The lowest BCUT2D eigenvalue weighted by Gasteiger charge is -2.11. The maximum Gasteiger partial charge on any atom is 0.406 e. The predicted molar refractivity (Wildman–Crippen MR) is 88.9 cm³/mol. The summed E-state index contributed by atoms with van der Waals surface area (Å²) < 4.78 is 15.6. The Hall–Kier alpha value is -2.11. The van der Waals surface area contributed by atoms with Crippen LogP contribution in [0.25, 0.3) is 0 Å². The van der Waals surface area contributed by atoms with Crippen LogP contribution in [0.1, 0.15) is 0 Å². The second-order valence-corrected chi connectivity index (χ2v) is 5.26. The van der Waals surface area contributed by atoms with Crippen LogP contribution in [0.3, 0.4) is 0 Å². The van der Waals surface area contributed by atoms with Gasteiger partial charge in [-0.1, -0.05) is 29.3 Å². The highest BCUT2D eigenvalue weighted by molar-refractivity contribution is 6.32. The van der Waals surface area contributed by atoms with Crippen molar-refractivity contribution < 1.29 is 19.0 Å². The quantitative estimate of drug-likeness (QED) is 0.773. The number of hydrogen-bond donors (Lipinski definition) is 1. The van der Waals surface area contributed by atoms with Crippen LogP contribution in [-0.2, 0) is 4.74 Å². The number of ether oxygens (including phenoxy) is 3. The van der Waals surface area contributed by atoms with Crippen LogP contribution in [0, 0.1) is 0 Å². The number of rotatable bonds is 6. The molecule has 0 unspecified atom stereocenters. The molecular weight excluding hydrogens is 341 g/mol. The topological polar surface area (TPSA) is 56.8 Å². The van der Waals surface area contributed by atoms with Crippen molar-refractivity contribution in [2.24, 2.45) is 0 Å². The van der Waals surface area contributed by atoms with Gasteiger partial charge in [0.1, 0.15) is 23.9 Å². The molecule has 1 N–H and O–H groups in total. The van der Waals surface area contributed by atoms with E-state index in [1.807, 2.05) is 0 Å². The Balaban J connectivity index is 1.91. The average Bonchev–Trinajstić information content (AvgIpc) is 2.53. The van der Waals surface area contributed by atoms with Crippen molar-refractivity contribution in [2.75, 3.05) is 20.3 Å². The summed E-state index contributed by atoms with van der Waals surface area (Å²) in [6.07, 6.45) is -0.509. The maximum absolute atomic E-state index is 10.9. The zero-order valence-electron chi connectivity index (χ0n) is 12.3. The highest BCUT2D eigenvalue weighted by Gasteiger charge is 2.06. The lowest BCUT2D eigenvalue weighted by atomic mass is 10.3. The van der Waals surface area contributed by atoms with Crippen molar-refractivity contribution in [3.8, 4) is 17.2 Å².